The molecule has 0 aliphatic carbocycles. The Morgan fingerprint density at radius 2 is 2.26 bits per heavy atom. The minimum atomic E-state index is -0.237. The Morgan fingerprint density at radius 3 is 2.95 bits per heavy atom. The lowest BCUT2D eigenvalue weighted by Crippen LogP contribution is -2.28. The van der Waals surface area contributed by atoms with Crippen molar-refractivity contribution in [3.8, 4) is 0 Å². The minimum Gasteiger partial charge on any atom is -0.383 e. The van der Waals surface area contributed by atoms with E-state index in [1.165, 1.54) is 0 Å². The molecule has 106 valence electrons. The van der Waals surface area contributed by atoms with Crippen molar-refractivity contribution >= 4 is 27.7 Å². The van der Waals surface area contributed by atoms with Crippen molar-refractivity contribution in [1.29, 1.82) is 0 Å². The van der Waals surface area contributed by atoms with E-state index in [-0.39, 0.29) is 11.7 Å². The zero-order valence-corrected chi connectivity index (χ0v) is 12.9. The third kappa shape index (κ3) is 6.02. The fraction of sp³-hybridized carbons (Fsp3) is 0.538. The molecule has 0 atom stereocenters. The van der Waals surface area contributed by atoms with E-state index < -0.39 is 0 Å². The summed E-state index contributed by atoms with van der Waals surface area (Å²) in [4.78, 5) is 15.8. The Hall–Kier alpha value is -1.14. The van der Waals surface area contributed by atoms with Crippen LogP contribution >= 0.6 is 15.9 Å². The number of carbonyl (C=O) groups excluding carboxylic acids is 1. The maximum atomic E-state index is 11.9. The molecule has 0 bridgehead atoms. The van der Waals surface area contributed by atoms with Crippen LogP contribution in [0.4, 0.5) is 5.82 Å². The van der Waals surface area contributed by atoms with Crippen molar-refractivity contribution in [1.82, 2.24) is 10.3 Å². The number of anilines is 1. The molecule has 0 aliphatic heterocycles. The highest BCUT2D eigenvalue weighted by Crippen LogP contribution is 2.15. The summed E-state index contributed by atoms with van der Waals surface area (Å²) in [6.07, 6.45) is 2.58. The number of hydrogen-bond acceptors (Lipinski definition) is 4. The van der Waals surface area contributed by atoms with E-state index >= 15 is 0 Å². The Balaban J connectivity index is 2.29. The number of hydrogen-bond donors (Lipinski definition) is 2. The highest BCUT2D eigenvalue weighted by Gasteiger charge is 2.10. The number of nitrogens with zero attached hydrogens (tertiary/aromatic N) is 1. The molecule has 0 fully saturated rings. The summed E-state index contributed by atoms with van der Waals surface area (Å²) in [6.45, 7) is 5.97. The Kier molecular flexibility index (Phi) is 6.80. The monoisotopic (exact) mass is 329 g/mol. The molecule has 1 aromatic rings. The van der Waals surface area contributed by atoms with E-state index in [9.17, 15) is 4.79 Å². The van der Waals surface area contributed by atoms with Gasteiger partial charge in [-0.25, -0.2) is 4.98 Å². The summed E-state index contributed by atoms with van der Waals surface area (Å²) in [5.74, 6) is 0.613. The van der Waals surface area contributed by atoms with E-state index in [1.54, 1.807) is 12.3 Å². The molecule has 1 aromatic heterocycles. The Labute approximate surface area is 122 Å². The Morgan fingerprint density at radius 1 is 1.53 bits per heavy atom. The van der Waals surface area contributed by atoms with Crippen molar-refractivity contribution < 1.29 is 9.53 Å². The number of ether oxygens (including phenoxy) is 1. The van der Waals surface area contributed by atoms with Crippen molar-refractivity contribution in [2.24, 2.45) is 5.92 Å². The molecule has 0 spiro atoms. The average Bonchev–Trinajstić information content (AvgIpc) is 2.36. The zero-order valence-electron chi connectivity index (χ0n) is 11.3. The van der Waals surface area contributed by atoms with Gasteiger partial charge in [0.15, 0.2) is 0 Å². The highest BCUT2D eigenvalue weighted by atomic mass is 79.9. The number of nitrogens with one attached hydrogen (secondary N) is 1. The van der Waals surface area contributed by atoms with Gasteiger partial charge in [0.05, 0.1) is 12.2 Å². The average molecular weight is 330 g/mol. The van der Waals surface area contributed by atoms with Gasteiger partial charge >= 0.3 is 0 Å². The third-order valence-corrected chi connectivity index (χ3v) is 2.93. The molecule has 0 unspecified atom stereocenters. The van der Waals surface area contributed by atoms with Gasteiger partial charge in [0, 0.05) is 23.8 Å². The van der Waals surface area contributed by atoms with Crippen LogP contribution in [0.1, 0.15) is 30.6 Å². The fourth-order valence-corrected chi connectivity index (χ4v) is 1.72. The first kappa shape index (κ1) is 15.9. The van der Waals surface area contributed by atoms with E-state index in [4.69, 9.17) is 10.5 Å². The van der Waals surface area contributed by atoms with Gasteiger partial charge in [-0.2, -0.15) is 0 Å². The molecule has 0 saturated carbocycles. The quantitative estimate of drug-likeness (QED) is 0.752. The molecule has 0 saturated heterocycles. The predicted molar refractivity (Wildman–Crippen MR) is 79.0 cm³/mol. The first-order chi connectivity index (χ1) is 9.00. The molecular formula is C13H20BrN3O2. The molecular weight excluding hydrogens is 310 g/mol. The van der Waals surface area contributed by atoms with Crippen LogP contribution in [0.2, 0.25) is 0 Å². The minimum absolute atomic E-state index is 0.224. The maximum absolute atomic E-state index is 11.9. The number of carbonyl (C=O) groups is 1. The first-order valence-corrected chi connectivity index (χ1v) is 7.07. The molecule has 1 rings (SSSR count). The molecule has 19 heavy (non-hydrogen) atoms. The fourth-order valence-electron chi connectivity index (χ4n) is 1.38. The van der Waals surface area contributed by atoms with E-state index in [2.05, 4.69) is 40.1 Å². The van der Waals surface area contributed by atoms with Gasteiger partial charge in [-0.05, 0) is 34.3 Å². The van der Waals surface area contributed by atoms with Crippen molar-refractivity contribution in [3.63, 3.8) is 0 Å². The van der Waals surface area contributed by atoms with Crippen molar-refractivity contribution in [2.75, 3.05) is 25.5 Å². The third-order valence-electron chi connectivity index (χ3n) is 2.50. The van der Waals surface area contributed by atoms with Crippen LogP contribution in [0.25, 0.3) is 0 Å². The van der Waals surface area contributed by atoms with Crippen LogP contribution in [-0.2, 0) is 4.74 Å². The van der Waals surface area contributed by atoms with Gasteiger partial charge in [-0.1, -0.05) is 13.8 Å². The number of aromatic nitrogens is 1. The molecule has 1 amide bonds. The lowest BCUT2D eigenvalue weighted by molar-refractivity contribution is 0.0906. The molecule has 1 heterocycles. The van der Waals surface area contributed by atoms with Gasteiger partial charge in [0.25, 0.3) is 5.91 Å². The maximum Gasteiger partial charge on any atom is 0.255 e. The van der Waals surface area contributed by atoms with Crippen molar-refractivity contribution in [2.45, 2.75) is 20.3 Å². The Bertz CT molecular complexity index is 424. The molecule has 6 heteroatoms. The molecule has 0 aliphatic rings. The molecule has 0 radical (unpaired) electrons. The summed E-state index contributed by atoms with van der Waals surface area (Å²) < 4.78 is 6.14. The van der Waals surface area contributed by atoms with Gasteiger partial charge in [-0.15, -0.1) is 0 Å². The summed E-state index contributed by atoms with van der Waals surface area (Å²) in [7, 11) is 0. The lowest BCUT2D eigenvalue weighted by atomic mass is 10.1. The molecule has 0 aromatic carbocycles. The van der Waals surface area contributed by atoms with Crippen LogP contribution in [0.5, 0.6) is 0 Å². The summed E-state index contributed by atoms with van der Waals surface area (Å²) in [5, 5.41) is 2.75. The summed E-state index contributed by atoms with van der Waals surface area (Å²) >= 11 is 3.26. The predicted octanol–water partition coefficient (Wildman–Crippen LogP) is 2.22. The van der Waals surface area contributed by atoms with Gasteiger partial charge in [0.1, 0.15) is 5.82 Å². The van der Waals surface area contributed by atoms with Gasteiger partial charge in [0.2, 0.25) is 0 Å². The second kappa shape index (κ2) is 8.12. The highest BCUT2D eigenvalue weighted by molar-refractivity contribution is 9.10. The number of halogens is 1. The second-order valence-electron chi connectivity index (χ2n) is 4.64. The summed E-state index contributed by atoms with van der Waals surface area (Å²) in [5.41, 5.74) is 6.02. The zero-order chi connectivity index (χ0) is 14.3. The second-order valence-corrected chi connectivity index (χ2v) is 5.55. The van der Waals surface area contributed by atoms with Crippen LogP contribution in [-0.4, -0.2) is 30.6 Å². The van der Waals surface area contributed by atoms with Crippen LogP contribution in [0.3, 0.4) is 0 Å². The topological polar surface area (TPSA) is 77.2 Å². The van der Waals surface area contributed by atoms with Gasteiger partial charge < -0.3 is 15.8 Å². The summed E-state index contributed by atoms with van der Waals surface area (Å²) in [6, 6.07) is 1.65. The first-order valence-electron chi connectivity index (χ1n) is 6.27. The number of rotatable bonds is 7. The lowest BCUT2D eigenvalue weighted by Gasteiger charge is -2.09. The molecule has 5 nitrogen and oxygen atoms in total. The van der Waals surface area contributed by atoms with E-state index in [1.807, 2.05) is 0 Å². The van der Waals surface area contributed by atoms with Gasteiger partial charge in [-0.3, -0.25) is 4.79 Å². The molecule has 3 N–H and O–H groups in total. The van der Waals surface area contributed by atoms with E-state index in [0.717, 1.165) is 10.9 Å². The smallest absolute Gasteiger partial charge is 0.255 e. The number of nitrogens with two attached hydrogens (primary N) is 1. The largest absolute Gasteiger partial charge is 0.383 e. The van der Waals surface area contributed by atoms with Crippen LogP contribution in [0, 0.1) is 5.92 Å². The van der Waals surface area contributed by atoms with Crippen molar-refractivity contribution in [3.05, 3.63) is 22.3 Å². The van der Waals surface area contributed by atoms with E-state index in [0.29, 0.717) is 31.2 Å². The normalized spacial score (nSPS) is 10.7. The number of pyridine rings is 1. The van der Waals surface area contributed by atoms with Crippen LogP contribution in [0.15, 0.2) is 16.7 Å². The van der Waals surface area contributed by atoms with Crippen LogP contribution < -0.4 is 11.1 Å². The number of amides is 1. The SMILES string of the molecule is CC(C)CCOCCNC(=O)c1cc(Br)cnc1N. The standard InChI is InChI=1S/C13H20BrN3O2/c1-9(2)3-5-19-6-4-16-13(18)11-7-10(14)8-17-12(11)15/h7-9H,3-6H2,1-2H3,(H2,15,17)(H,16,18). The number of nitrogen functional groups attached to an aromatic ring is 1.